The van der Waals surface area contributed by atoms with E-state index >= 15 is 0 Å². The summed E-state index contributed by atoms with van der Waals surface area (Å²) in [6, 6.07) is 5.85. The zero-order chi connectivity index (χ0) is 11.0. The topological polar surface area (TPSA) is 51.8 Å². The molecule has 3 nitrogen and oxygen atoms in total. The number of rotatable bonds is 1. The first-order valence-corrected chi connectivity index (χ1v) is 5.56. The largest absolute Gasteiger partial charge is 0.322 e. The van der Waals surface area contributed by atoms with Crippen molar-refractivity contribution >= 4 is 26.8 Å². The van der Waals surface area contributed by atoms with Crippen LogP contribution in [0.4, 0.5) is 0 Å². The number of aryl methyl sites for hydroxylation is 1. The number of nitrogens with zero attached hydrogens (tertiary/aromatic N) is 2. The van der Waals surface area contributed by atoms with Gasteiger partial charge >= 0.3 is 0 Å². The maximum absolute atomic E-state index is 5.77. The van der Waals surface area contributed by atoms with Crippen molar-refractivity contribution in [1.29, 1.82) is 0 Å². The van der Waals surface area contributed by atoms with Crippen molar-refractivity contribution < 1.29 is 0 Å². The Morgan fingerprint density at radius 1 is 1.33 bits per heavy atom. The van der Waals surface area contributed by atoms with Gasteiger partial charge in [0.2, 0.25) is 0 Å². The van der Waals surface area contributed by atoms with Gasteiger partial charge in [-0.2, -0.15) is 0 Å². The van der Waals surface area contributed by atoms with Crippen molar-refractivity contribution in [2.75, 3.05) is 0 Å². The van der Waals surface area contributed by atoms with E-state index in [1.165, 1.54) is 0 Å². The lowest BCUT2D eigenvalue weighted by molar-refractivity contribution is 0.741. The van der Waals surface area contributed by atoms with Crippen molar-refractivity contribution in [2.45, 2.75) is 19.9 Å². The summed E-state index contributed by atoms with van der Waals surface area (Å²) in [4.78, 5) is 8.81. The minimum absolute atomic E-state index is 0.132. The van der Waals surface area contributed by atoms with Gasteiger partial charge in [-0.05, 0) is 32.0 Å². The maximum atomic E-state index is 5.77. The number of benzene rings is 1. The van der Waals surface area contributed by atoms with Gasteiger partial charge in [-0.3, -0.25) is 0 Å². The van der Waals surface area contributed by atoms with Crippen molar-refractivity contribution in [1.82, 2.24) is 9.97 Å². The second-order valence-electron chi connectivity index (χ2n) is 3.62. The number of hydrogen-bond acceptors (Lipinski definition) is 3. The minimum Gasteiger partial charge on any atom is -0.322 e. The summed E-state index contributed by atoms with van der Waals surface area (Å²) in [6.07, 6.45) is 0. The van der Waals surface area contributed by atoms with Gasteiger partial charge in [-0.1, -0.05) is 15.9 Å². The summed E-state index contributed by atoms with van der Waals surface area (Å²) >= 11 is 3.43. The molecule has 15 heavy (non-hydrogen) atoms. The molecular formula is C11H12BrN3. The van der Waals surface area contributed by atoms with Gasteiger partial charge in [0, 0.05) is 15.6 Å². The third kappa shape index (κ3) is 2.01. The Balaban J connectivity index is 2.74. The average Bonchev–Trinajstić information content (AvgIpc) is 2.16. The molecule has 0 saturated heterocycles. The van der Waals surface area contributed by atoms with Crippen LogP contribution in [0.1, 0.15) is 24.5 Å². The van der Waals surface area contributed by atoms with Crippen LogP contribution >= 0.6 is 15.9 Å². The molecule has 0 amide bonds. The van der Waals surface area contributed by atoms with Gasteiger partial charge in [-0.25, -0.2) is 9.97 Å². The summed E-state index contributed by atoms with van der Waals surface area (Å²) in [5.74, 6) is 0.693. The molecule has 0 aliphatic heterocycles. The van der Waals surface area contributed by atoms with E-state index in [2.05, 4.69) is 25.9 Å². The molecule has 4 heteroatoms. The quantitative estimate of drug-likeness (QED) is 0.863. The highest BCUT2D eigenvalue weighted by Crippen LogP contribution is 2.21. The second kappa shape index (κ2) is 3.87. The van der Waals surface area contributed by atoms with Crippen LogP contribution in [-0.4, -0.2) is 9.97 Å². The molecule has 1 aromatic heterocycles. The van der Waals surface area contributed by atoms with Crippen LogP contribution < -0.4 is 5.73 Å². The Bertz CT molecular complexity index is 508. The van der Waals surface area contributed by atoms with Crippen LogP contribution in [0, 0.1) is 6.92 Å². The summed E-state index contributed by atoms with van der Waals surface area (Å²) in [5.41, 5.74) is 7.68. The highest BCUT2D eigenvalue weighted by Gasteiger charge is 2.07. The lowest BCUT2D eigenvalue weighted by Crippen LogP contribution is -2.10. The Hall–Kier alpha value is -1.000. The molecule has 0 aliphatic rings. The maximum Gasteiger partial charge on any atom is 0.145 e. The van der Waals surface area contributed by atoms with Crippen LogP contribution in [0.5, 0.6) is 0 Å². The first-order valence-electron chi connectivity index (χ1n) is 4.77. The molecule has 0 bridgehead atoms. The van der Waals surface area contributed by atoms with Gasteiger partial charge in [0.1, 0.15) is 5.82 Å². The molecule has 1 aromatic carbocycles. The molecule has 2 N–H and O–H groups in total. The summed E-state index contributed by atoms with van der Waals surface area (Å²) in [7, 11) is 0. The molecule has 2 rings (SSSR count). The molecule has 0 radical (unpaired) electrons. The van der Waals surface area contributed by atoms with E-state index in [0.717, 1.165) is 21.1 Å². The van der Waals surface area contributed by atoms with Crippen molar-refractivity contribution in [3.63, 3.8) is 0 Å². The highest BCUT2D eigenvalue weighted by molar-refractivity contribution is 9.10. The lowest BCUT2D eigenvalue weighted by atomic mass is 10.2. The standard InChI is InChI=1S/C11H12BrN3/c1-6(13)11-14-7(2)9-4-3-8(12)5-10(9)15-11/h3-6H,13H2,1-2H3. The van der Waals surface area contributed by atoms with E-state index < -0.39 is 0 Å². The van der Waals surface area contributed by atoms with Gasteiger partial charge in [0.25, 0.3) is 0 Å². The van der Waals surface area contributed by atoms with Crippen LogP contribution in [0.3, 0.4) is 0 Å². The monoisotopic (exact) mass is 265 g/mol. The third-order valence-electron chi connectivity index (χ3n) is 2.27. The Morgan fingerprint density at radius 2 is 2.07 bits per heavy atom. The van der Waals surface area contributed by atoms with Crippen LogP contribution in [-0.2, 0) is 0 Å². The van der Waals surface area contributed by atoms with E-state index in [1.54, 1.807) is 0 Å². The van der Waals surface area contributed by atoms with Gasteiger partial charge < -0.3 is 5.73 Å². The van der Waals surface area contributed by atoms with Gasteiger partial charge in [0.15, 0.2) is 0 Å². The molecule has 78 valence electrons. The molecule has 0 saturated carbocycles. The first-order chi connectivity index (χ1) is 7.08. The van der Waals surface area contributed by atoms with Crippen molar-refractivity contribution in [3.05, 3.63) is 34.2 Å². The summed E-state index contributed by atoms with van der Waals surface area (Å²) in [5, 5.41) is 1.07. The zero-order valence-electron chi connectivity index (χ0n) is 8.66. The van der Waals surface area contributed by atoms with Crippen LogP contribution in [0.15, 0.2) is 22.7 Å². The highest BCUT2D eigenvalue weighted by atomic mass is 79.9. The Labute approximate surface area is 96.9 Å². The van der Waals surface area contributed by atoms with E-state index in [4.69, 9.17) is 5.73 Å². The zero-order valence-corrected chi connectivity index (χ0v) is 10.2. The van der Waals surface area contributed by atoms with E-state index in [-0.39, 0.29) is 6.04 Å². The number of nitrogens with two attached hydrogens (primary N) is 1. The van der Waals surface area contributed by atoms with Crippen molar-refractivity contribution in [2.24, 2.45) is 5.73 Å². The summed E-state index contributed by atoms with van der Waals surface area (Å²) in [6.45, 7) is 3.86. The Kier molecular flexibility index (Phi) is 2.71. The Morgan fingerprint density at radius 3 is 2.73 bits per heavy atom. The lowest BCUT2D eigenvalue weighted by Gasteiger charge is -2.08. The molecule has 1 heterocycles. The number of halogens is 1. The van der Waals surface area contributed by atoms with E-state index in [9.17, 15) is 0 Å². The fourth-order valence-electron chi connectivity index (χ4n) is 1.49. The molecule has 0 aliphatic carbocycles. The van der Waals surface area contributed by atoms with Gasteiger partial charge in [-0.15, -0.1) is 0 Å². The molecular weight excluding hydrogens is 254 g/mol. The molecule has 1 atom stereocenters. The second-order valence-corrected chi connectivity index (χ2v) is 4.53. The van der Waals surface area contributed by atoms with Crippen LogP contribution in [0.25, 0.3) is 10.9 Å². The normalized spacial score (nSPS) is 13.1. The first kappa shape index (κ1) is 10.5. The predicted molar refractivity (Wildman–Crippen MR) is 64.6 cm³/mol. The van der Waals surface area contributed by atoms with E-state index in [1.807, 2.05) is 32.0 Å². The SMILES string of the molecule is Cc1nc(C(C)N)nc2cc(Br)ccc12. The number of aromatic nitrogens is 2. The predicted octanol–water partition coefficient (Wildman–Crippen LogP) is 2.72. The fourth-order valence-corrected chi connectivity index (χ4v) is 1.84. The molecule has 0 spiro atoms. The van der Waals surface area contributed by atoms with E-state index in [0.29, 0.717) is 5.82 Å². The molecule has 0 fully saturated rings. The molecule has 1 unspecified atom stereocenters. The number of hydrogen-bond donors (Lipinski definition) is 1. The van der Waals surface area contributed by atoms with Crippen molar-refractivity contribution in [3.8, 4) is 0 Å². The third-order valence-corrected chi connectivity index (χ3v) is 2.77. The van der Waals surface area contributed by atoms with Crippen LogP contribution in [0.2, 0.25) is 0 Å². The summed E-state index contributed by atoms with van der Waals surface area (Å²) < 4.78 is 1.02. The molecule has 2 aromatic rings. The fraction of sp³-hybridized carbons (Fsp3) is 0.273. The minimum atomic E-state index is -0.132. The smallest absolute Gasteiger partial charge is 0.145 e. The number of fused-ring (bicyclic) bond motifs is 1. The van der Waals surface area contributed by atoms with Gasteiger partial charge in [0.05, 0.1) is 11.6 Å². The average molecular weight is 266 g/mol.